The highest BCUT2D eigenvalue weighted by Gasteiger charge is 2.20. The van der Waals surface area contributed by atoms with Gasteiger partial charge in [0.1, 0.15) is 0 Å². The molecule has 1 amide bonds. The van der Waals surface area contributed by atoms with E-state index in [1.807, 2.05) is 6.07 Å². The lowest BCUT2D eigenvalue weighted by Gasteiger charge is -2.24. The number of amides is 1. The van der Waals surface area contributed by atoms with Crippen molar-refractivity contribution in [1.29, 1.82) is 0 Å². The summed E-state index contributed by atoms with van der Waals surface area (Å²) < 4.78 is 0. The maximum Gasteiger partial charge on any atom is 0.251 e. The van der Waals surface area contributed by atoms with E-state index in [-0.39, 0.29) is 18.3 Å². The molecule has 2 aliphatic rings. The average Bonchev–Trinajstić information content (AvgIpc) is 3.14. The minimum Gasteiger partial charge on any atom is -0.349 e. The van der Waals surface area contributed by atoms with Crippen LogP contribution in [0.25, 0.3) is 10.8 Å². The van der Waals surface area contributed by atoms with Gasteiger partial charge in [-0.3, -0.25) is 4.79 Å². The van der Waals surface area contributed by atoms with E-state index in [4.69, 9.17) is 0 Å². The van der Waals surface area contributed by atoms with Gasteiger partial charge in [-0.15, -0.1) is 12.4 Å². The largest absolute Gasteiger partial charge is 0.349 e. The molecule has 1 aliphatic carbocycles. The van der Waals surface area contributed by atoms with Crippen LogP contribution in [0.3, 0.4) is 0 Å². The van der Waals surface area contributed by atoms with E-state index in [1.54, 1.807) is 0 Å². The zero-order valence-electron chi connectivity index (χ0n) is 14.6. The number of carbonyl (C=O) groups is 1. The average molecular weight is 359 g/mol. The van der Waals surface area contributed by atoms with Gasteiger partial charge < -0.3 is 10.6 Å². The van der Waals surface area contributed by atoms with Gasteiger partial charge in [0.15, 0.2) is 0 Å². The number of carbonyl (C=O) groups excluding carboxylic acids is 1. The SMILES string of the molecule is Cl.O=C(NC1CCCC1)c1ccc2c(C3CCNCC3)cccc2c1. The Morgan fingerprint density at radius 2 is 1.76 bits per heavy atom. The third-order valence-electron chi connectivity index (χ3n) is 5.65. The van der Waals surface area contributed by atoms with Crippen LogP contribution in [-0.4, -0.2) is 25.0 Å². The van der Waals surface area contributed by atoms with Crippen molar-refractivity contribution >= 4 is 29.1 Å². The Balaban J connectivity index is 0.00000182. The summed E-state index contributed by atoms with van der Waals surface area (Å²) in [5.41, 5.74) is 2.23. The predicted molar refractivity (Wildman–Crippen MR) is 106 cm³/mol. The predicted octanol–water partition coefficient (Wildman–Crippen LogP) is 4.40. The highest BCUT2D eigenvalue weighted by molar-refractivity contribution is 5.99. The monoisotopic (exact) mass is 358 g/mol. The Morgan fingerprint density at radius 3 is 2.52 bits per heavy atom. The van der Waals surface area contributed by atoms with E-state index in [9.17, 15) is 4.79 Å². The summed E-state index contributed by atoms with van der Waals surface area (Å²) in [4.78, 5) is 12.5. The summed E-state index contributed by atoms with van der Waals surface area (Å²) in [6.07, 6.45) is 7.12. The van der Waals surface area contributed by atoms with Gasteiger partial charge in [0.25, 0.3) is 5.91 Å². The normalized spacial score (nSPS) is 18.9. The van der Waals surface area contributed by atoms with Gasteiger partial charge in [0.05, 0.1) is 0 Å². The van der Waals surface area contributed by atoms with Gasteiger partial charge in [0.2, 0.25) is 0 Å². The first kappa shape index (κ1) is 18.2. The molecule has 2 aromatic rings. The first-order valence-corrected chi connectivity index (χ1v) is 9.35. The van der Waals surface area contributed by atoms with Crippen LogP contribution in [0.1, 0.15) is 60.4 Å². The third-order valence-corrected chi connectivity index (χ3v) is 5.65. The second-order valence-corrected chi connectivity index (χ2v) is 7.26. The minimum atomic E-state index is 0. The van der Waals surface area contributed by atoms with Crippen molar-refractivity contribution in [2.75, 3.05) is 13.1 Å². The van der Waals surface area contributed by atoms with Gasteiger partial charge in [-0.25, -0.2) is 0 Å². The smallest absolute Gasteiger partial charge is 0.251 e. The van der Waals surface area contributed by atoms with Crippen molar-refractivity contribution in [1.82, 2.24) is 10.6 Å². The van der Waals surface area contributed by atoms with Gasteiger partial charge in [-0.2, -0.15) is 0 Å². The summed E-state index contributed by atoms with van der Waals surface area (Å²) in [6.45, 7) is 2.20. The number of hydrogen-bond donors (Lipinski definition) is 2. The highest BCUT2D eigenvalue weighted by Crippen LogP contribution is 2.32. The lowest BCUT2D eigenvalue weighted by Crippen LogP contribution is -2.32. The summed E-state index contributed by atoms with van der Waals surface area (Å²) >= 11 is 0. The molecule has 1 heterocycles. The molecule has 0 unspecified atom stereocenters. The van der Waals surface area contributed by atoms with Crippen molar-refractivity contribution < 1.29 is 4.79 Å². The summed E-state index contributed by atoms with van der Waals surface area (Å²) in [6, 6.07) is 13.1. The fraction of sp³-hybridized carbons (Fsp3) is 0.476. The molecule has 3 nitrogen and oxygen atoms in total. The molecule has 0 spiro atoms. The first-order chi connectivity index (χ1) is 11.8. The Kier molecular flexibility index (Phi) is 5.98. The molecule has 4 rings (SSSR count). The topological polar surface area (TPSA) is 41.1 Å². The van der Waals surface area contributed by atoms with Crippen LogP contribution >= 0.6 is 12.4 Å². The number of rotatable bonds is 3. The fourth-order valence-corrected chi connectivity index (χ4v) is 4.28. The fourth-order valence-electron chi connectivity index (χ4n) is 4.28. The van der Waals surface area contributed by atoms with Crippen LogP contribution < -0.4 is 10.6 Å². The van der Waals surface area contributed by atoms with Crippen LogP contribution in [0.2, 0.25) is 0 Å². The quantitative estimate of drug-likeness (QED) is 0.853. The maximum atomic E-state index is 12.5. The molecule has 1 saturated heterocycles. The zero-order valence-corrected chi connectivity index (χ0v) is 15.4. The molecule has 0 atom stereocenters. The molecule has 1 saturated carbocycles. The molecule has 134 valence electrons. The van der Waals surface area contributed by atoms with E-state index in [0.717, 1.165) is 31.5 Å². The van der Waals surface area contributed by atoms with Crippen molar-refractivity contribution in [3.8, 4) is 0 Å². The maximum absolute atomic E-state index is 12.5. The molecule has 2 aromatic carbocycles. The molecule has 2 N–H and O–H groups in total. The third kappa shape index (κ3) is 3.99. The van der Waals surface area contributed by atoms with E-state index in [1.165, 1.54) is 42.0 Å². The molecular weight excluding hydrogens is 332 g/mol. The van der Waals surface area contributed by atoms with Crippen molar-refractivity contribution in [2.24, 2.45) is 0 Å². The Hall–Kier alpha value is -1.58. The standard InChI is InChI=1S/C21H26N2O.ClH/c24-21(23-18-5-1-2-6-18)17-8-9-20-16(14-17)4-3-7-19(20)15-10-12-22-13-11-15;/h3-4,7-9,14-15,18,22H,1-2,5-6,10-13H2,(H,23,24);1H. The van der Waals surface area contributed by atoms with Gasteiger partial charge in [0, 0.05) is 11.6 Å². The molecule has 0 radical (unpaired) electrons. The van der Waals surface area contributed by atoms with Crippen LogP contribution in [0.5, 0.6) is 0 Å². The molecule has 0 bridgehead atoms. The summed E-state index contributed by atoms with van der Waals surface area (Å²) in [7, 11) is 0. The molecule has 1 aliphatic heterocycles. The van der Waals surface area contributed by atoms with E-state index in [0.29, 0.717) is 12.0 Å². The van der Waals surface area contributed by atoms with E-state index in [2.05, 4.69) is 41.0 Å². The number of halogens is 1. The van der Waals surface area contributed by atoms with Crippen molar-refractivity contribution in [3.63, 3.8) is 0 Å². The molecule has 0 aromatic heterocycles. The van der Waals surface area contributed by atoms with Crippen LogP contribution in [0, 0.1) is 0 Å². The zero-order chi connectivity index (χ0) is 16.4. The molecule has 4 heteroatoms. The Morgan fingerprint density at radius 1 is 1.00 bits per heavy atom. The molecule has 2 fully saturated rings. The molecular formula is C21H27ClN2O. The number of hydrogen-bond acceptors (Lipinski definition) is 2. The van der Waals surface area contributed by atoms with Gasteiger partial charge >= 0.3 is 0 Å². The van der Waals surface area contributed by atoms with Crippen LogP contribution in [-0.2, 0) is 0 Å². The summed E-state index contributed by atoms with van der Waals surface area (Å²) in [5.74, 6) is 0.712. The van der Waals surface area contributed by atoms with Gasteiger partial charge in [-0.1, -0.05) is 37.1 Å². The van der Waals surface area contributed by atoms with E-state index >= 15 is 0 Å². The summed E-state index contributed by atoms with van der Waals surface area (Å²) in [5, 5.41) is 9.12. The Bertz CT molecular complexity index is 734. The van der Waals surface area contributed by atoms with Crippen LogP contribution in [0.15, 0.2) is 36.4 Å². The second-order valence-electron chi connectivity index (χ2n) is 7.26. The van der Waals surface area contributed by atoms with Crippen molar-refractivity contribution in [2.45, 2.75) is 50.5 Å². The number of fused-ring (bicyclic) bond motifs is 1. The lowest BCUT2D eigenvalue weighted by molar-refractivity contribution is 0.0938. The van der Waals surface area contributed by atoms with Crippen molar-refractivity contribution in [3.05, 3.63) is 47.5 Å². The molecule has 25 heavy (non-hydrogen) atoms. The Labute approximate surface area is 156 Å². The van der Waals surface area contributed by atoms with E-state index < -0.39 is 0 Å². The lowest BCUT2D eigenvalue weighted by atomic mass is 9.86. The first-order valence-electron chi connectivity index (χ1n) is 9.35. The van der Waals surface area contributed by atoms with Gasteiger partial charge in [-0.05, 0) is 73.2 Å². The number of nitrogens with one attached hydrogen (secondary N) is 2. The highest BCUT2D eigenvalue weighted by atomic mass is 35.5. The number of benzene rings is 2. The number of piperidine rings is 1. The second kappa shape index (κ2) is 8.20. The minimum absolute atomic E-state index is 0. The van der Waals surface area contributed by atoms with Crippen LogP contribution in [0.4, 0.5) is 0 Å².